The highest BCUT2D eigenvalue weighted by Crippen LogP contribution is 2.43. The van der Waals surface area contributed by atoms with Crippen LogP contribution in [0.15, 0.2) is 36.4 Å². The van der Waals surface area contributed by atoms with E-state index in [0.717, 1.165) is 11.1 Å². The quantitative estimate of drug-likeness (QED) is 0.373. The number of ketones is 1. The largest absolute Gasteiger partial charge is 0.486 e. The maximum absolute atomic E-state index is 12.9. The fraction of sp³-hybridized carbons (Fsp3) is 0.333. The lowest BCUT2D eigenvalue weighted by molar-refractivity contribution is -0.384. The van der Waals surface area contributed by atoms with E-state index in [-0.39, 0.29) is 23.8 Å². The summed E-state index contributed by atoms with van der Waals surface area (Å²) >= 11 is 6.32. The summed E-state index contributed by atoms with van der Waals surface area (Å²) < 4.78 is 6.34. The van der Waals surface area contributed by atoms with E-state index < -0.39 is 10.5 Å². The maximum Gasteiger partial charge on any atom is 0.269 e. The predicted molar refractivity (Wildman–Crippen MR) is 121 cm³/mol. The smallest absolute Gasteiger partial charge is 0.269 e. The first-order valence-corrected chi connectivity index (χ1v) is 10.8. The molecule has 0 bridgehead atoms. The Kier molecular flexibility index (Phi) is 5.77. The number of aryl methyl sites for hydroxylation is 1. The lowest BCUT2D eigenvalue weighted by Gasteiger charge is -2.44. The number of hydrogen-bond donors (Lipinski definition) is 0. The molecule has 1 spiro atoms. The van der Waals surface area contributed by atoms with E-state index in [1.807, 2.05) is 19.9 Å². The van der Waals surface area contributed by atoms with Gasteiger partial charge in [-0.1, -0.05) is 11.6 Å². The van der Waals surface area contributed by atoms with Gasteiger partial charge < -0.3 is 9.64 Å². The molecule has 0 atom stereocenters. The van der Waals surface area contributed by atoms with Crippen molar-refractivity contribution in [3.8, 4) is 5.75 Å². The number of rotatable bonds is 3. The van der Waals surface area contributed by atoms with Crippen LogP contribution in [0.5, 0.6) is 5.75 Å². The van der Waals surface area contributed by atoms with Gasteiger partial charge in [0.05, 0.1) is 16.9 Å². The molecule has 7 nitrogen and oxygen atoms in total. The van der Waals surface area contributed by atoms with Crippen LogP contribution in [-0.4, -0.2) is 40.2 Å². The number of nitro benzene ring substituents is 1. The molecule has 2 aliphatic rings. The van der Waals surface area contributed by atoms with Gasteiger partial charge in [0.15, 0.2) is 5.78 Å². The van der Waals surface area contributed by atoms with Crippen LogP contribution >= 0.6 is 11.6 Å². The van der Waals surface area contributed by atoms with Crippen LogP contribution in [0.4, 0.5) is 5.69 Å². The van der Waals surface area contributed by atoms with Gasteiger partial charge in [-0.2, -0.15) is 0 Å². The number of hydrogen-bond acceptors (Lipinski definition) is 5. The van der Waals surface area contributed by atoms with Gasteiger partial charge in [-0.05, 0) is 54.8 Å². The van der Waals surface area contributed by atoms with Gasteiger partial charge in [0, 0.05) is 49.2 Å². The minimum absolute atomic E-state index is 0.00562. The highest BCUT2D eigenvalue weighted by atomic mass is 35.5. The van der Waals surface area contributed by atoms with Crippen molar-refractivity contribution in [2.24, 2.45) is 0 Å². The molecule has 0 aliphatic carbocycles. The van der Waals surface area contributed by atoms with Crippen LogP contribution in [-0.2, 0) is 4.79 Å². The lowest BCUT2D eigenvalue weighted by Crippen LogP contribution is -2.52. The summed E-state index contributed by atoms with van der Waals surface area (Å²) in [5, 5.41) is 11.3. The number of likely N-dealkylation sites (tertiary alicyclic amines) is 1. The third kappa shape index (κ3) is 4.12. The van der Waals surface area contributed by atoms with Crippen molar-refractivity contribution in [1.82, 2.24) is 4.90 Å². The number of Topliss-reactive ketones (excluding diaryl/α,β-unsaturated/α-hetero) is 1. The molecule has 1 fully saturated rings. The molecule has 8 heteroatoms. The Bertz CT molecular complexity index is 1130. The van der Waals surface area contributed by atoms with Crippen LogP contribution in [0.25, 0.3) is 6.08 Å². The average Bonchev–Trinajstić information content (AvgIpc) is 2.76. The standard InChI is InChI=1S/C24H23ClN2O5/c1-15-13-20-22(16(2)23(15)25)19(28)14-24(32-20)9-11-26(12-10-24)21(29)8-5-17-3-6-18(7-4-17)27(30)31/h3-8,13H,9-12,14H2,1-2H3/b8-5+. The highest BCUT2D eigenvalue weighted by Gasteiger charge is 2.44. The summed E-state index contributed by atoms with van der Waals surface area (Å²) in [5.41, 5.74) is 2.30. The summed E-state index contributed by atoms with van der Waals surface area (Å²) in [6.07, 6.45) is 4.52. The van der Waals surface area contributed by atoms with Crippen LogP contribution in [0.3, 0.4) is 0 Å². The molecular formula is C24H23ClN2O5. The molecule has 2 aromatic carbocycles. The van der Waals surface area contributed by atoms with Crippen molar-refractivity contribution in [3.05, 3.63) is 73.8 Å². The van der Waals surface area contributed by atoms with Crippen molar-refractivity contribution >= 4 is 35.1 Å². The second-order valence-corrected chi connectivity index (χ2v) is 8.78. The Morgan fingerprint density at radius 1 is 1.22 bits per heavy atom. The van der Waals surface area contributed by atoms with Gasteiger partial charge in [0.25, 0.3) is 5.69 Å². The SMILES string of the molecule is Cc1cc2c(c(C)c1Cl)C(=O)CC1(CCN(C(=O)/C=C/c3ccc([N+](=O)[O-])cc3)CC1)O2. The Hall–Kier alpha value is -3.19. The third-order valence-corrected chi connectivity index (χ3v) is 6.82. The topological polar surface area (TPSA) is 89.8 Å². The zero-order valence-corrected chi connectivity index (χ0v) is 18.6. The maximum atomic E-state index is 12.9. The third-order valence-electron chi connectivity index (χ3n) is 6.24. The van der Waals surface area contributed by atoms with Crippen LogP contribution in [0.1, 0.15) is 46.3 Å². The zero-order chi connectivity index (χ0) is 23.0. The second kappa shape index (κ2) is 8.39. The fourth-order valence-corrected chi connectivity index (χ4v) is 4.54. The zero-order valence-electron chi connectivity index (χ0n) is 17.9. The van der Waals surface area contributed by atoms with Gasteiger partial charge in [-0.25, -0.2) is 0 Å². The molecular weight excluding hydrogens is 432 g/mol. The first-order chi connectivity index (χ1) is 15.2. The van der Waals surface area contributed by atoms with Gasteiger partial charge >= 0.3 is 0 Å². The van der Waals surface area contributed by atoms with E-state index in [2.05, 4.69) is 0 Å². The number of non-ortho nitro benzene ring substituents is 1. The molecule has 0 unspecified atom stereocenters. The minimum atomic E-state index is -0.602. The molecule has 2 aromatic rings. The van der Waals surface area contributed by atoms with E-state index in [1.165, 1.54) is 18.2 Å². The van der Waals surface area contributed by atoms with E-state index in [4.69, 9.17) is 16.3 Å². The van der Waals surface area contributed by atoms with Crippen LogP contribution in [0.2, 0.25) is 5.02 Å². The van der Waals surface area contributed by atoms with Crippen molar-refractivity contribution < 1.29 is 19.2 Å². The number of carbonyl (C=O) groups excluding carboxylic acids is 2. The van der Waals surface area contributed by atoms with E-state index in [1.54, 1.807) is 23.1 Å². The number of carbonyl (C=O) groups is 2. The van der Waals surface area contributed by atoms with E-state index in [9.17, 15) is 19.7 Å². The predicted octanol–water partition coefficient (Wildman–Crippen LogP) is 4.90. The number of benzene rings is 2. The molecule has 2 heterocycles. The Morgan fingerprint density at radius 2 is 1.88 bits per heavy atom. The molecule has 2 aliphatic heterocycles. The number of halogens is 1. The van der Waals surface area contributed by atoms with Crippen molar-refractivity contribution in [2.75, 3.05) is 13.1 Å². The van der Waals surface area contributed by atoms with Crippen molar-refractivity contribution in [3.63, 3.8) is 0 Å². The van der Waals surface area contributed by atoms with Gasteiger partial charge in [-0.3, -0.25) is 19.7 Å². The van der Waals surface area contributed by atoms with Gasteiger partial charge in [-0.15, -0.1) is 0 Å². The van der Waals surface area contributed by atoms with E-state index in [0.29, 0.717) is 47.8 Å². The molecule has 32 heavy (non-hydrogen) atoms. The summed E-state index contributed by atoms with van der Waals surface area (Å²) in [6, 6.07) is 7.83. The van der Waals surface area contributed by atoms with E-state index >= 15 is 0 Å². The van der Waals surface area contributed by atoms with Crippen LogP contribution in [0, 0.1) is 24.0 Å². The Labute approximate surface area is 190 Å². The number of piperidine rings is 1. The summed E-state index contributed by atoms with van der Waals surface area (Å²) in [5.74, 6) is 0.473. The van der Waals surface area contributed by atoms with Crippen LogP contribution < -0.4 is 4.74 Å². The Morgan fingerprint density at radius 3 is 2.50 bits per heavy atom. The Balaban J connectivity index is 1.42. The van der Waals surface area contributed by atoms with Gasteiger partial charge in [0.2, 0.25) is 5.91 Å². The summed E-state index contributed by atoms with van der Waals surface area (Å²) in [4.78, 5) is 37.5. The number of fused-ring (bicyclic) bond motifs is 1. The monoisotopic (exact) mass is 454 g/mol. The number of nitro groups is 1. The molecule has 4 rings (SSSR count). The summed E-state index contributed by atoms with van der Waals surface area (Å²) in [7, 11) is 0. The highest BCUT2D eigenvalue weighted by molar-refractivity contribution is 6.32. The molecule has 1 amide bonds. The van der Waals surface area contributed by atoms with Crippen molar-refractivity contribution in [2.45, 2.75) is 38.7 Å². The number of nitrogens with zero attached hydrogens (tertiary/aromatic N) is 2. The minimum Gasteiger partial charge on any atom is -0.486 e. The van der Waals surface area contributed by atoms with Gasteiger partial charge in [0.1, 0.15) is 11.4 Å². The normalized spacial score (nSPS) is 17.3. The molecule has 0 aromatic heterocycles. The fourth-order valence-electron chi connectivity index (χ4n) is 4.39. The molecule has 0 radical (unpaired) electrons. The summed E-state index contributed by atoms with van der Waals surface area (Å²) in [6.45, 7) is 4.70. The lowest BCUT2D eigenvalue weighted by atomic mass is 9.81. The average molecular weight is 455 g/mol. The first kappa shape index (κ1) is 22.0. The second-order valence-electron chi connectivity index (χ2n) is 8.40. The number of amides is 1. The molecule has 0 N–H and O–H groups in total. The molecule has 1 saturated heterocycles. The first-order valence-electron chi connectivity index (χ1n) is 10.4. The van der Waals surface area contributed by atoms with Crippen molar-refractivity contribution in [1.29, 1.82) is 0 Å². The number of ether oxygens (including phenoxy) is 1. The molecule has 0 saturated carbocycles. The molecule has 166 valence electrons.